The van der Waals surface area contributed by atoms with E-state index in [1.54, 1.807) is 13.0 Å². The summed E-state index contributed by atoms with van der Waals surface area (Å²) in [4.78, 5) is 26.7. The number of carbonyl (C=O) groups is 1. The van der Waals surface area contributed by atoms with E-state index >= 15 is 0 Å². The maximum absolute atomic E-state index is 12.9. The average Bonchev–Trinajstić information content (AvgIpc) is 3.00. The molecule has 0 aliphatic carbocycles. The monoisotopic (exact) mass is 443 g/mol. The molecular weight excluding hydrogens is 426 g/mol. The van der Waals surface area contributed by atoms with Gasteiger partial charge in [-0.3, -0.25) is 14.9 Å². The number of sulfonamides is 1. The zero-order chi connectivity index (χ0) is 20.6. The number of hydrogen-bond donors (Lipinski definition) is 0. The minimum absolute atomic E-state index is 0.0602. The number of halogens is 1. The summed E-state index contributed by atoms with van der Waals surface area (Å²) in [6.07, 6.45) is 0. The lowest BCUT2D eigenvalue weighted by molar-refractivity contribution is -0.385. The van der Waals surface area contributed by atoms with Gasteiger partial charge in [0, 0.05) is 47.0 Å². The first-order chi connectivity index (χ1) is 13.1. The van der Waals surface area contributed by atoms with Crippen LogP contribution in [-0.2, 0) is 10.0 Å². The Hall–Kier alpha value is -2.01. The van der Waals surface area contributed by atoms with Crippen LogP contribution in [-0.4, -0.2) is 54.6 Å². The van der Waals surface area contributed by atoms with Crippen molar-refractivity contribution in [1.82, 2.24) is 9.21 Å². The van der Waals surface area contributed by atoms with Gasteiger partial charge in [-0.1, -0.05) is 11.6 Å². The van der Waals surface area contributed by atoms with E-state index in [0.717, 1.165) is 15.8 Å². The normalized spacial score (nSPS) is 15.6. The fourth-order valence-electron chi connectivity index (χ4n) is 3.14. The smallest absolute Gasteiger partial charge is 0.283 e. The molecule has 2 aromatic rings. The van der Waals surface area contributed by atoms with E-state index in [9.17, 15) is 23.3 Å². The number of rotatable bonds is 4. The maximum Gasteiger partial charge on any atom is 0.283 e. The maximum atomic E-state index is 12.9. The van der Waals surface area contributed by atoms with E-state index < -0.39 is 20.9 Å². The highest BCUT2D eigenvalue weighted by atomic mass is 35.5. The van der Waals surface area contributed by atoms with E-state index in [2.05, 4.69) is 0 Å². The van der Waals surface area contributed by atoms with Crippen LogP contribution in [0, 0.1) is 24.0 Å². The SMILES string of the molecule is Cc1cc(S(=O)(=O)N2CCN(C(=O)c3ccc(Cl)cc3[N+](=O)[O-])CC2)c(C)s1. The summed E-state index contributed by atoms with van der Waals surface area (Å²) in [6, 6.07) is 5.54. The van der Waals surface area contributed by atoms with Crippen molar-refractivity contribution in [2.45, 2.75) is 18.7 Å². The van der Waals surface area contributed by atoms with Crippen molar-refractivity contribution in [2.75, 3.05) is 26.2 Å². The fraction of sp³-hybridized carbons (Fsp3) is 0.353. The summed E-state index contributed by atoms with van der Waals surface area (Å²) in [5, 5.41) is 11.4. The van der Waals surface area contributed by atoms with Gasteiger partial charge in [-0.15, -0.1) is 11.3 Å². The van der Waals surface area contributed by atoms with Gasteiger partial charge >= 0.3 is 0 Å². The van der Waals surface area contributed by atoms with E-state index in [4.69, 9.17) is 11.6 Å². The molecule has 1 aliphatic heterocycles. The molecular formula is C17H18ClN3O5S2. The minimum Gasteiger partial charge on any atom is -0.336 e. The van der Waals surface area contributed by atoms with Crippen molar-refractivity contribution in [3.05, 3.63) is 54.7 Å². The van der Waals surface area contributed by atoms with Crippen molar-refractivity contribution in [3.8, 4) is 0 Å². The Balaban J connectivity index is 1.76. The molecule has 1 fully saturated rings. The summed E-state index contributed by atoms with van der Waals surface area (Å²) in [5.74, 6) is -0.511. The topological polar surface area (TPSA) is 101 Å². The minimum atomic E-state index is -3.63. The molecule has 2 heterocycles. The highest BCUT2D eigenvalue weighted by Crippen LogP contribution is 2.29. The molecule has 0 N–H and O–H groups in total. The van der Waals surface area contributed by atoms with Gasteiger partial charge in [-0.25, -0.2) is 8.42 Å². The first-order valence-corrected chi connectivity index (χ1v) is 11.0. The van der Waals surface area contributed by atoms with Crippen molar-refractivity contribution < 1.29 is 18.1 Å². The Kier molecular flexibility index (Phi) is 5.76. The number of amides is 1. The summed E-state index contributed by atoms with van der Waals surface area (Å²) < 4.78 is 27.1. The molecule has 0 bridgehead atoms. The summed E-state index contributed by atoms with van der Waals surface area (Å²) in [6.45, 7) is 4.18. The van der Waals surface area contributed by atoms with Crippen molar-refractivity contribution in [2.24, 2.45) is 0 Å². The second-order valence-corrected chi connectivity index (χ2v) is 10.2. The van der Waals surface area contributed by atoms with E-state index in [1.807, 2.05) is 6.92 Å². The number of hydrogen-bond acceptors (Lipinski definition) is 6. The van der Waals surface area contributed by atoms with Crippen LogP contribution in [0.1, 0.15) is 20.1 Å². The highest BCUT2D eigenvalue weighted by Gasteiger charge is 2.33. The van der Waals surface area contributed by atoms with Crippen LogP contribution in [0.25, 0.3) is 0 Å². The molecule has 1 amide bonds. The van der Waals surface area contributed by atoms with E-state index in [1.165, 1.54) is 32.7 Å². The third kappa shape index (κ3) is 3.90. The van der Waals surface area contributed by atoms with Gasteiger partial charge < -0.3 is 4.90 Å². The van der Waals surface area contributed by atoms with Crippen LogP contribution in [0.4, 0.5) is 5.69 Å². The van der Waals surface area contributed by atoms with Gasteiger partial charge in [-0.05, 0) is 32.0 Å². The summed E-state index contributed by atoms with van der Waals surface area (Å²) >= 11 is 7.21. The van der Waals surface area contributed by atoms with Gasteiger partial charge in [0.2, 0.25) is 10.0 Å². The predicted molar refractivity (Wildman–Crippen MR) is 107 cm³/mol. The number of nitro benzene ring substituents is 1. The van der Waals surface area contributed by atoms with Crippen LogP contribution >= 0.6 is 22.9 Å². The summed E-state index contributed by atoms with van der Waals surface area (Å²) in [5.41, 5.74) is -0.424. The Morgan fingerprint density at radius 2 is 1.82 bits per heavy atom. The standard InChI is InChI=1S/C17H18ClN3O5S2/c1-11-9-16(12(2)27-11)28(25,26)20-7-5-19(6-8-20)17(22)14-4-3-13(18)10-15(14)21(23)24/h3-4,9-10H,5-8H2,1-2H3. The number of nitrogens with zero attached hydrogens (tertiary/aromatic N) is 3. The lowest BCUT2D eigenvalue weighted by Gasteiger charge is -2.34. The Morgan fingerprint density at radius 3 is 2.36 bits per heavy atom. The number of piperazine rings is 1. The Morgan fingerprint density at radius 1 is 1.18 bits per heavy atom. The Bertz CT molecular complexity index is 1040. The zero-order valence-corrected chi connectivity index (χ0v) is 17.6. The third-order valence-electron chi connectivity index (χ3n) is 4.53. The zero-order valence-electron chi connectivity index (χ0n) is 15.2. The molecule has 1 saturated heterocycles. The summed E-state index contributed by atoms with van der Waals surface area (Å²) in [7, 11) is -3.63. The van der Waals surface area contributed by atoms with Crippen LogP contribution < -0.4 is 0 Å². The first kappa shape index (κ1) is 20.7. The van der Waals surface area contributed by atoms with Gasteiger partial charge in [0.15, 0.2) is 0 Å². The third-order valence-corrected chi connectivity index (χ3v) is 7.88. The molecule has 0 atom stereocenters. The molecule has 1 aromatic heterocycles. The molecule has 11 heteroatoms. The van der Waals surface area contributed by atoms with Gasteiger partial charge in [0.25, 0.3) is 11.6 Å². The van der Waals surface area contributed by atoms with Crippen LogP contribution in [0.15, 0.2) is 29.2 Å². The first-order valence-electron chi connectivity index (χ1n) is 8.41. The molecule has 0 unspecified atom stereocenters. The second kappa shape index (κ2) is 7.78. The molecule has 8 nitrogen and oxygen atoms in total. The van der Waals surface area contributed by atoms with Crippen molar-refractivity contribution in [3.63, 3.8) is 0 Å². The largest absolute Gasteiger partial charge is 0.336 e. The fourth-order valence-corrected chi connectivity index (χ4v) is 6.25. The number of thiophene rings is 1. The quantitative estimate of drug-likeness (QED) is 0.533. The van der Waals surface area contributed by atoms with E-state index in [0.29, 0.717) is 4.90 Å². The Labute approximate surface area is 171 Å². The lowest BCUT2D eigenvalue weighted by Crippen LogP contribution is -2.50. The molecule has 28 heavy (non-hydrogen) atoms. The number of nitro groups is 1. The molecule has 150 valence electrons. The van der Waals surface area contributed by atoms with Gasteiger partial charge in [-0.2, -0.15) is 4.31 Å². The van der Waals surface area contributed by atoms with Crippen molar-refractivity contribution >= 4 is 44.6 Å². The molecule has 0 radical (unpaired) electrons. The predicted octanol–water partition coefficient (Wildman–Crippen LogP) is 3.07. The van der Waals surface area contributed by atoms with Gasteiger partial charge in [0.1, 0.15) is 5.56 Å². The van der Waals surface area contributed by atoms with E-state index in [-0.39, 0.29) is 42.5 Å². The average molecular weight is 444 g/mol. The van der Waals surface area contributed by atoms with Gasteiger partial charge in [0.05, 0.1) is 9.82 Å². The number of carbonyl (C=O) groups excluding carboxylic acids is 1. The lowest BCUT2D eigenvalue weighted by atomic mass is 10.1. The van der Waals surface area contributed by atoms with Crippen LogP contribution in [0.2, 0.25) is 5.02 Å². The number of aryl methyl sites for hydroxylation is 2. The van der Waals surface area contributed by atoms with Crippen LogP contribution in [0.3, 0.4) is 0 Å². The molecule has 1 aromatic carbocycles. The number of benzene rings is 1. The molecule has 0 saturated carbocycles. The van der Waals surface area contributed by atoms with Crippen molar-refractivity contribution in [1.29, 1.82) is 0 Å². The molecule has 3 rings (SSSR count). The van der Waals surface area contributed by atoms with Crippen LogP contribution in [0.5, 0.6) is 0 Å². The second-order valence-electron chi connectivity index (χ2n) is 6.39. The highest BCUT2D eigenvalue weighted by molar-refractivity contribution is 7.89. The molecule has 1 aliphatic rings. The molecule has 0 spiro atoms.